The van der Waals surface area contributed by atoms with Gasteiger partial charge < -0.3 is 10.2 Å². The van der Waals surface area contributed by atoms with Crippen LogP contribution >= 0.6 is 11.3 Å². The molecule has 2 aromatic rings. The molecule has 1 fully saturated rings. The Kier molecular flexibility index (Phi) is 6.55. The van der Waals surface area contributed by atoms with Crippen LogP contribution in [0.2, 0.25) is 0 Å². The zero-order valence-corrected chi connectivity index (χ0v) is 16.2. The van der Waals surface area contributed by atoms with Crippen molar-refractivity contribution in [3.8, 4) is 0 Å². The fourth-order valence-electron chi connectivity index (χ4n) is 3.18. The van der Waals surface area contributed by atoms with E-state index >= 15 is 0 Å². The summed E-state index contributed by atoms with van der Waals surface area (Å²) >= 11 is 1.66. The van der Waals surface area contributed by atoms with E-state index in [4.69, 9.17) is 4.98 Å². The summed E-state index contributed by atoms with van der Waals surface area (Å²) in [6, 6.07) is 5.71. The Bertz CT molecular complexity index is 783. The lowest BCUT2D eigenvalue weighted by Crippen LogP contribution is -2.37. The lowest BCUT2D eigenvalue weighted by Gasteiger charge is -2.31. The van der Waals surface area contributed by atoms with Crippen molar-refractivity contribution >= 4 is 23.2 Å². The Morgan fingerprint density at radius 1 is 1.26 bits per heavy atom. The van der Waals surface area contributed by atoms with Gasteiger partial charge in [-0.3, -0.25) is 9.59 Å². The summed E-state index contributed by atoms with van der Waals surface area (Å²) in [5, 5.41) is 6.04. The number of halogens is 1. The molecule has 0 unspecified atom stereocenters. The van der Waals surface area contributed by atoms with Crippen molar-refractivity contribution < 1.29 is 14.0 Å². The van der Waals surface area contributed by atoms with E-state index in [0.29, 0.717) is 37.5 Å². The van der Waals surface area contributed by atoms with Crippen LogP contribution in [-0.4, -0.2) is 41.3 Å². The number of amides is 2. The van der Waals surface area contributed by atoms with Gasteiger partial charge in [0.25, 0.3) is 5.91 Å². The number of carbonyl (C=O) groups is 2. The van der Waals surface area contributed by atoms with Crippen LogP contribution < -0.4 is 5.32 Å². The Morgan fingerprint density at radius 2 is 1.96 bits per heavy atom. The summed E-state index contributed by atoms with van der Waals surface area (Å²) < 4.78 is 13.0. The number of nitrogens with one attached hydrogen (secondary N) is 1. The van der Waals surface area contributed by atoms with Crippen LogP contribution in [0.3, 0.4) is 0 Å². The topological polar surface area (TPSA) is 62.3 Å². The van der Waals surface area contributed by atoms with E-state index in [9.17, 15) is 14.0 Å². The third-order valence-corrected chi connectivity index (χ3v) is 5.87. The molecule has 27 heavy (non-hydrogen) atoms. The van der Waals surface area contributed by atoms with Crippen molar-refractivity contribution in [1.82, 2.24) is 15.2 Å². The number of nitrogens with zero attached hydrogens (tertiary/aromatic N) is 2. The SMILES string of the molecule is CCC(=O)NCCc1csc(C2CCN(C(=O)c3ccc(F)cc3)CC2)n1. The Morgan fingerprint density at radius 3 is 2.63 bits per heavy atom. The highest BCUT2D eigenvalue weighted by molar-refractivity contribution is 7.09. The van der Waals surface area contributed by atoms with Crippen LogP contribution in [0.4, 0.5) is 4.39 Å². The average Bonchev–Trinajstić information content (AvgIpc) is 3.17. The van der Waals surface area contributed by atoms with Gasteiger partial charge in [-0.2, -0.15) is 0 Å². The van der Waals surface area contributed by atoms with Crippen LogP contribution in [0.5, 0.6) is 0 Å². The summed E-state index contributed by atoms with van der Waals surface area (Å²) in [6.07, 6.45) is 3.00. The van der Waals surface area contributed by atoms with Gasteiger partial charge in [-0.15, -0.1) is 11.3 Å². The van der Waals surface area contributed by atoms with Crippen LogP contribution in [0.1, 0.15) is 53.2 Å². The molecule has 0 spiro atoms. The van der Waals surface area contributed by atoms with Gasteiger partial charge in [-0.1, -0.05) is 6.92 Å². The fourth-order valence-corrected chi connectivity index (χ4v) is 4.21. The number of rotatable bonds is 6. The fraction of sp³-hybridized carbons (Fsp3) is 0.450. The molecule has 1 N–H and O–H groups in total. The van der Waals surface area contributed by atoms with E-state index in [1.807, 2.05) is 11.8 Å². The third kappa shape index (κ3) is 5.13. The number of piperidine rings is 1. The Hall–Kier alpha value is -2.28. The number of likely N-dealkylation sites (tertiary alicyclic amines) is 1. The van der Waals surface area contributed by atoms with E-state index in [1.165, 1.54) is 24.3 Å². The molecule has 144 valence electrons. The number of thiazole rings is 1. The van der Waals surface area contributed by atoms with Crippen molar-refractivity contribution in [2.75, 3.05) is 19.6 Å². The molecule has 1 aliphatic rings. The molecule has 0 aliphatic carbocycles. The van der Waals surface area contributed by atoms with Crippen LogP contribution in [0.25, 0.3) is 0 Å². The van der Waals surface area contributed by atoms with Crippen molar-refractivity contribution in [2.45, 2.75) is 38.5 Å². The highest BCUT2D eigenvalue weighted by Gasteiger charge is 2.26. The number of hydrogen-bond donors (Lipinski definition) is 1. The summed E-state index contributed by atoms with van der Waals surface area (Å²) in [7, 11) is 0. The van der Waals surface area contributed by atoms with Crippen molar-refractivity contribution in [2.24, 2.45) is 0 Å². The first kappa shape index (κ1) is 19.5. The first-order valence-corrected chi connectivity index (χ1v) is 10.2. The maximum absolute atomic E-state index is 13.0. The van der Waals surface area contributed by atoms with E-state index in [1.54, 1.807) is 11.3 Å². The molecule has 0 bridgehead atoms. The number of hydrogen-bond acceptors (Lipinski definition) is 4. The van der Waals surface area contributed by atoms with Gasteiger partial charge in [0.05, 0.1) is 10.7 Å². The smallest absolute Gasteiger partial charge is 0.253 e. The van der Waals surface area contributed by atoms with Gasteiger partial charge in [-0.25, -0.2) is 9.37 Å². The lowest BCUT2D eigenvalue weighted by atomic mass is 9.97. The summed E-state index contributed by atoms with van der Waals surface area (Å²) in [5.74, 6) is 0.0499. The van der Waals surface area contributed by atoms with Crippen LogP contribution in [0, 0.1) is 5.82 Å². The first-order valence-electron chi connectivity index (χ1n) is 9.32. The average molecular weight is 389 g/mol. The summed E-state index contributed by atoms with van der Waals surface area (Å²) in [4.78, 5) is 30.3. The number of benzene rings is 1. The highest BCUT2D eigenvalue weighted by atomic mass is 32.1. The van der Waals surface area contributed by atoms with E-state index in [2.05, 4.69) is 10.7 Å². The summed E-state index contributed by atoms with van der Waals surface area (Å²) in [5.41, 5.74) is 1.54. The lowest BCUT2D eigenvalue weighted by molar-refractivity contribution is -0.120. The predicted molar refractivity (Wildman–Crippen MR) is 103 cm³/mol. The van der Waals surface area contributed by atoms with Gasteiger partial charge in [0.1, 0.15) is 5.82 Å². The van der Waals surface area contributed by atoms with Crippen molar-refractivity contribution in [3.05, 3.63) is 51.7 Å². The van der Waals surface area contributed by atoms with Crippen molar-refractivity contribution in [1.29, 1.82) is 0 Å². The molecule has 2 amide bonds. The van der Waals surface area contributed by atoms with Gasteiger partial charge in [0.2, 0.25) is 5.91 Å². The molecular formula is C20H24FN3O2S. The molecule has 1 aliphatic heterocycles. The largest absolute Gasteiger partial charge is 0.356 e. The maximum atomic E-state index is 13.0. The zero-order valence-electron chi connectivity index (χ0n) is 15.4. The van der Waals surface area contributed by atoms with E-state index < -0.39 is 0 Å². The third-order valence-electron chi connectivity index (χ3n) is 4.82. The molecule has 0 radical (unpaired) electrons. The molecule has 1 aromatic heterocycles. The first-order chi connectivity index (χ1) is 13.1. The van der Waals surface area contributed by atoms with Crippen LogP contribution in [-0.2, 0) is 11.2 Å². The monoisotopic (exact) mass is 389 g/mol. The molecular weight excluding hydrogens is 365 g/mol. The Balaban J connectivity index is 1.49. The molecule has 1 aromatic carbocycles. The molecule has 0 saturated carbocycles. The second kappa shape index (κ2) is 9.08. The summed E-state index contributed by atoms with van der Waals surface area (Å²) in [6.45, 7) is 3.81. The minimum atomic E-state index is -0.334. The molecule has 5 nitrogen and oxygen atoms in total. The van der Waals surface area contributed by atoms with Gasteiger partial charge in [0, 0.05) is 49.3 Å². The highest BCUT2D eigenvalue weighted by Crippen LogP contribution is 2.31. The minimum Gasteiger partial charge on any atom is -0.356 e. The number of carbonyl (C=O) groups excluding carboxylic acids is 2. The maximum Gasteiger partial charge on any atom is 0.253 e. The standard InChI is InChI=1S/C20H24FN3O2S/c1-2-18(25)22-10-7-17-13-27-19(23-17)14-8-11-24(12-9-14)20(26)15-3-5-16(21)6-4-15/h3-6,13-14H,2,7-12H2,1H3,(H,22,25). The molecule has 0 atom stereocenters. The predicted octanol–water partition coefficient (Wildman–Crippen LogP) is 3.37. The molecule has 7 heteroatoms. The van der Waals surface area contributed by atoms with Gasteiger partial charge >= 0.3 is 0 Å². The van der Waals surface area contributed by atoms with Gasteiger partial charge in [-0.05, 0) is 37.1 Å². The Labute approximate surface area is 162 Å². The van der Waals surface area contributed by atoms with Crippen molar-refractivity contribution in [3.63, 3.8) is 0 Å². The number of aromatic nitrogens is 1. The minimum absolute atomic E-state index is 0.0417. The molecule has 1 saturated heterocycles. The molecule has 3 rings (SSSR count). The quantitative estimate of drug-likeness (QED) is 0.824. The second-order valence-corrected chi connectivity index (χ2v) is 7.59. The van der Waals surface area contributed by atoms with Crippen LogP contribution in [0.15, 0.2) is 29.6 Å². The second-order valence-electron chi connectivity index (χ2n) is 6.70. The van der Waals surface area contributed by atoms with E-state index in [-0.39, 0.29) is 17.6 Å². The molecule has 2 heterocycles. The zero-order chi connectivity index (χ0) is 19.2. The van der Waals surface area contributed by atoms with E-state index in [0.717, 1.165) is 30.0 Å². The normalized spacial score (nSPS) is 15.0. The van der Waals surface area contributed by atoms with Gasteiger partial charge in [0.15, 0.2) is 0 Å².